The van der Waals surface area contributed by atoms with Crippen molar-refractivity contribution in [2.75, 3.05) is 5.75 Å². The lowest BCUT2D eigenvalue weighted by Crippen LogP contribution is -2.50. The third-order valence-corrected chi connectivity index (χ3v) is 9.83. The Morgan fingerprint density at radius 3 is 2.75 bits per heavy atom. The van der Waals surface area contributed by atoms with Crippen LogP contribution in [0.1, 0.15) is 71.3 Å². The average molecular weight is 503 g/mol. The van der Waals surface area contributed by atoms with Crippen molar-refractivity contribution in [1.29, 1.82) is 0 Å². The first kappa shape index (κ1) is 26.9. The molecule has 0 aromatic heterocycles. The van der Waals surface area contributed by atoms with Gasteiger partial charge in [-0.15, -0.1) is 0 Å². The Balaban J connectivity index is 1.48. The Morgan fingerprint density at radius 2 is 2.03 bits per heavy atom. The number of Topliss-reactive ketones (excluding diaryl/α,β-unsaturated/α-hetero) is 1. The molecule has 5 atom stereocenters. The molecule has 1 aromatic carbocycles. The van der Waals surface area contributed by atoms with E-state index in [9.17, 15) is 9.59 Å². The number of allylic oxidation sites excluding steroid dienone is 5. The summed E-state index contributed by atoms with van der Waals surface area (Å²) in [6.07, 6.45) is 19.2. The van der Waals surface area contributed by atoms with Crippen LogP contribution in [-0.4, -0.2) is 17.3 Å². The molecule has 3 aliphatic rings. The summed E-state index contributed by atoms with van der Waals surface area (Å²) >= 11 is 4.65. The quantitative estimate of drug-likeness (QED) is 0.431. The molecule has 0 radical (unpaired) electrons. The lowest BCUT2D eigenvalue weighted by molar-refractivity contribution is -0.125. The molecule has 2 nitrogen and oxygen atoms in total. The lowest BCUT2D eigenvalue weighted by atomic mass is 9.47. The predicted molar refractivity (Wildman–Crippen MR) is 154 cm³/mol. The molecule has 3 aliphatic carbocycles. The van der Waals surface area contributed by atoms with E-state index in [4.69, 9.17) is 0 Å². The number of aryl methyl sites for hydroxylation is 1. The minimum absolute atomic E-state index is 0.0137. The number of rotatable bonds is 8. The SMILES string of the molecule is C=C/C=c1/ccc(CCC(=O)CC2(C)CCC3C(CCC4=CC(=O)C=CC43C)C2CCS)c/c1=C/C. The van der Waals surface area contributed by atoms with Gasteiger partial charge in [-0.2, -0.15) is 12.6 Å². The zero-order valence-corrected chi connectivity index (χ0v) is 23.2. The highest BCUT2D eigenvalue weighted by atomic mass is 32.1. The molecule has 2 saturated carbocycles. The van der Waals surface area contributed by atoms with Crippen molar-refractivity contribution in [3.8, 4) is 0 Å². The van der Waals surface area contributed by atoms with Crippen molar-refractivity contribution < 1.29 is 9.59 Å². The average Bonchev–Trinajstić information content (AvgIpc) is 2.85. The summed E-state index contributed by atoms with van der Waals surface area (Å²) in [6, 6.07) is 6.47. The third-order valence-electron chi connectivity index (χ3n) is 9.57. The van der Waals surface area contributed by atoms with E-state index >= 15 is 0 Å². The zero-order chi connectivity index (χ0) is 25.9. The number of hydrogen-bond acceptors (Lipinski definition) is 3. The first-order valence-corrected chi connectivity index (χ1v) is 14.3. The fourth-order valence-electron chi connectivity index (χ4n) is 7.64. The van der Waals surface area contributed by atoms with Gasteiger partial charge in [-0.3, -0.25) is 9.59 Å². The van der Waals surface area contributed by atoms with Gasteiger partial charge in [0.2, 0.25) is 0 Å². The van der Waals surface area contributed by atoms with E-state index in [1.165, 1.54) is 16.4 Å². The Morgan fingerprint density at radius 1 is 1.22 bits per heavy atom. The van der Waals surface area contributed by atoms with Crippen LogP contribution in [0.5, 0.6) is 0 Å². The Labute approximate surface area is 222 Å². The van der Waals surface area contributed by atoms with Gasteiger partial charge in [0, 0.05) is 18.3 Å². The smallest absolute Gasteiger partial charge is 0.178 e. The van der Waals surface area contributed by atoms with Gasteiger partial charge in [0.15, 0.2) is 5.78 Å². The molecule has 36 heavy (non-hydrogen) atoms. The van der Waals surface area contributed by atoms with Crippen molar-refractivity contribution >= 4 is 36.3 Å². The maximum atomic E-state index is 13.3. The van der Waals surface area contributed by atoms with Crippen LogP contribution in [0.25, 0.3) is 12.2 Å². The van der Waals surface area contributed by atoms with Gasteiger partial charge in [-0.1, -0.05) is 68.5 Å². The van der Waals surface area contributed by atoms with E-state index in [0.717, 1.165) is 49.5 Å². The van der Waals surface area contributed by atoms with Gasteiger partial charge in [0.25, 0.3) is 0 Å². The zero-order valence-electron chi connectivity index (χ0n) is 22.3. The highest BCUT2D eigenvalue weighted by molar-refractivity contribution is 7.80. The number of fused-ring (bicyclic) bond motifs is 3. The number of carbonyl (C=O) groups is 2. The van der Waals surface area contributed by atoms with Crippen molar-refractivity contribution in [2.45, 2.75) is 72.1 Å². The van der Waals surface area contributed by atoms with E-state index in [1.54, 1.807) is 6.08 Å². The molecule has 0 bridgehead atoms. The van der Waals surface area contributed by atoms with Gasteiger partial charge in [-0.05, 0) is 103 Å². The molecule has 0 saturated heterocycles. The normalized spacial score (nSPS) is 32.6. The molecule has 2 fully saturated rings. The number of benzene rings is 1. The molecule has 0 spiro atoms. The molecule has 4 rings (SSSR count). The minimum atomic E-state index is -0.0137. The standard InChI is InChI=1S/C33H42O2S/c1-5-7-25-10-8-23(20-24(25)6-2)9-12-28(35)22-32(3)17-15-31-29(30(32)16-19-36)13-11-26-21-27(34)14-18-33(26,31)4/h5-8,10,14,18,20-21,29-31,36H,1,9,11-13,15-17,19,22H2,2-4H3/b24-6-,25-7-. The fourth-order valence-corrected chi connectivity index (χ4v) is 7.92. The highest BCUT2D eigenvalue weighted by Crippen LogP contribution is 2.62. The molecule has 3 heteroatoms. The number of hydrogen-bond donors (Lipinski definition) is 1. The van der Waals surface area contributed by atoms with Crippen LogP contribution in [0.2, 0.25) is 0 Å². The molecule has 0 N–H and O–H groups in total. The highest BCUT2D eigenvalue weighted by Gasteiger charge is 2.54. The first-order valence-electron chi connectivity index (χ1n) is 13.7. The molecule has 1 aromatic rings. The summed E-state index contributed by atoms with van der Waals surface area (Å²) in [5.41, 5.74) is 2.55. The first-order chi connectivity index (χ1) is 17.2. The Hall–Kier alpha value is -2.13. The van der Waals surface area contributed by atoms with Gasteiger partial charge >= 0.3 is 0 Å². The topological polar surface area (TPSA) is 34.1 Å². The van der Waals surface area contributed by atoms with Crippen LogP contribution < -0.4 is 10.4 Å². The summed E-state index contributed by atoms with van der Waals surface area (Å²) < 4.78 is 0. The second-order valence-corrected chi connectivity index (χ2v) is 12.1. The Bertz CT molecular complexity index is 1200. The van der Waals surface area contributed by atoms with E-state index in [1.807, 2.05) is 18.2 Å². The molecule has 0 heterocycles. The van der Waals surface area contributed by atoms with Gasteiger partial charge < -0.3 is 0 Å². The maximum Gasteiger partial charge on any atom is 0.178 e. The van der Waals surface area contributed by atoms with Crippen LogP contribution in [-0.2, 0) is 16.0 Å². The summed E-state index contributed by atoms with van der Waals surface area (Å²) in [5.74, 6) is 3.00. The van der Waals surface area contributed by atoms with E-state index in [2.05, 4.69) is 70.3 Å². The fraction of sp³-hybridized carbons (Fsp3) is 0.515. The lowest BCUT2D eigenvalue weighted by Gasteiger charge is -2.57. The number of ketones is 2. The number of thiol groups is 1. The molecule has 5 unspecified atom stereocenters. The van der Waals surface area contributed by atoms with Crippen LogP contribution in [0.15, 0.2) is 54.7 Å². The summed E-state index contributed by atoms with van der Waals surface area (Å²) in [4.78, 5) is 25.4. The van der Waals surface area contributed by atoms with Gasteiger partial charge in [-0.25, -0.2) is 0 Å². The minimum Gasteiger partial charge on any atom is -0.300 e. The third kappa shape index (κ3) is 5.28. The summed E-state index contributed by atoms with van der Waals surface area (Å²) in [6.45, 7) is 10.6. The predicted octanol–water partition coefficient (Wildman–Crippen LogP) is 6.18. The van der Waals surface area contributed by atoms with Crippen LogP contribution >= 0.6 is 12.6 Å². The second kappa shape index (κ2) is 11.1. The number of carbonyl (C=O) groups excluding carboxylic acids is 2. The largest absolute Gasteiger partial charge is 0.300 e. The van der Waals surface area contributed by atoms with E-state index in [0.29, 0.717) is 36.4 Å². The van der Waals surface area contributed by atoms with Crippen molar-refractivity contribution in [1.82, 2.24) is 0 Å². The summed E-state index contributed by atoms with van der Waals surface area (Å²) in [5, 5.41) is 2.36. The maximum absolute atomic E-state index is 13.3. The molecule has 0 aliphatic heterocycles. The van der Waals surface area contributed by atoms with E-state index < -0.39 is 0 Å². The van der Waals surface area contributed by atoms with Crippen molar-refractivity contribution in [2.24, 2.45) is 28.6 Å². The molecule has 192 valence electrons. The van der Waals surface area contributed by atoms with Crippen LogP contribution in [0.4, 0.5) is 0 Å². The Kier molecular flexibility index (Phi) is 8.29. The summed E-state index contributed by atoms with van der Waals surface area (Å²) in [7, 11) is 0. The van der Waals surface area contributed by atoms with Crippen molar-refractivity contribution in [3.05, 3.63) is 70.7 Å². The van der Waals surface area contributed by atoms with E-state index in [-0.39, 0.29) is 16.6 Å². The van der Waals surface area contributed by atoms with Crippen LogP contribution in [0, 0.1) is 28.6 Å². The molecule has 0 amide bonds. The molecular formula is C33H42O2S. The monoisotopic (exact) mass is 502 g/mol. The van der Waals surface area contributed by atoms with Crippen LogP contribution in [0.3, 0.4) is 0 Å². The molecular weight excluding hydrogens is 460 g/mol. The second-order valence-electron chi connectivity index (χ2n) is 11.7. The van der Waals surface area contributed by atoms with Gasteiger partial charge in [0.05, 0.1) is 0 Å². The van der Waals surface area contributed by atoms with Gasteiger partial charge in [0.1, 0.15) is 5.78 Å². The van der Waals surface area contributed by atoms with Crippen molar-refractivity contribution in [3.63, 3.8) is 0 Å².